The number of hydrogen-bond donors (Lipinski definition) is 2. The summed E-state index contributed by atoms with van der Waals surface area (Å²) in [5.41, 5.74) is 1.26. The van der Waals surface area contributed by atoms with Crippen LogP contribution in [0.15, 0.2) is 29.3 Å². The van der Waals surface area contributed by atoms with Crippen molar-refractivity contribution in [3.63, 3.8) is 0 Å². The normalized spacial score (nSPS) is 18.5. The molecule has 1 amide bonds. The lowest BCUT2D eigenvalue weighted by atomic mass is 10.1. The number of ether oxygens (including phenoxy) is 1. The van der Waals surface area contributed by atoms with Gasteiger partial charge < -0.3 is 20.3 Å². The Morgan fingerprint density at radius 3 is 2.27 bits per heavy atom. The van der Waals surface area contributed by atoms with E-state index in [1.54, 1.807) is 14.2 Å². The van der Waals surface area contributed by atoms with Gasteiger partial charge in [-0.25, -0.2) is 0 Å². The average molecular weight is 529 g/mol. The number of piperidine rings is 1. The number of benzene rings is 1. The average Bonchev–Trinajstić information content (AvgIpc) is 3.31. The van der Waals surface area contributed by atoms with E-state index in [-0.39, 0.29) is 42.5 Å². The van der Waals surface area contributed by atoms with Crippen LogP contribution >= 0.6 is 24.0 Å². The molecule has 8 heteroatoms. The highest BCUT2D eigenvalue weighted by atomic mass is 127. The van der Waals surface area contributed by atoms with Gasteiger partial charge in [0.2, 0.25) is 5.91 Å². The van der Waals surface area contributed by atoms with Crippen molar-refractivity contribution < 1.29 is 9.53 Å². The first-order valence-electron chi connectivity index (χ1n) is 10.8. The second kappa shape index (κ2) is 13.0. The number of hydrogen-bond acceptors (Lipinski definition) is 4. The second-order valence-corrected chi connectivity index (χ2v) is 7.78. The fourth-order valence-electron chi connectivity index (χ4n) is 4.17. The van der Waals surface area contributed by atoms with Gasteiger partial charge in [-0.1, -0.05) is 12.1 Å². The van der Waals surface area contributed by atoms with Crippen LogP contribution in [-0.4, -0.2) is 75.1 Å². The molecule has 168 valence electrons. The summed E-state index contributed by atoms with van der Waals surface area (Å²) in [6.45, 7) is 5.00. The molecule has 1 aromatic carbocycles. The predicted molar refractivity (Wildman–Crippen MR) is 132 cm³/mol. The Balaban J connectivity index is 0.00000320. The van der Waals surface area contributed by atoms with Gasteiger partial charge in [-0.05, 0) is 62.9 Å². The highest BCUT2D eigenvalue weighted by Gasteiger charge is 2.24. The molecule has 2 aliphatic rings. The molecule has 7 nitrogen and oxygen atoms in total. The van der Waals surface area contributed by atoms with Crippen molar-refractivity contribution in [2.45, 2.75) is 38.1 Å². The van der Waals surface area contributed by atoms with Crippen molar-refractivity contribution in [1.82, 2.24) is 20.4 Å². The van der Waals surface area contributed by atoms with Gasteiger partial charge in [-0.3, -0.25) is 14.7 Å². The summed E-state index contributed by atoms with van der Waals surface area (Å²) in [5.74, 6) is 1.70. The third-order valence-corrected chi connectivity index (χ3v) is 5.88. The van der Waals surface area contributed by atoms with Gasteiger partial charge in [0.15, 0.2) is 5.96 Å². The Morgan fingerprint density at radius 1 is 1.03 bits per heavy atom. The van der Waals surface area contributed by atoms with E-state index in [0.717, 1.165) is 51.3 Å². The summed E-state index contributed by atoms with van der Waals surface area (Å²) in [5, 5.41) is 6.62. The quantitative estimate of drug-likeness (QED) is 0.323. The van der Waals surface area contributed by atoms with Gasteiger partial charge in [0.05, 0.1) is 19.7 Å². The fourth-order valence-corrected chi connectivity index (χ4v) is 4.17. The molecule has 0 aromatic heterocycles. The van der Waals surface area contributed by atoms with E-state index in [1.165, 1.54) is 24.8 Å². The van der Waals surface area contributed by atoms with Crippen LogP contribution in [0, 0.1) is 0 Å². The molecule has 2 fully saturated rings. The molecule has 1 unspecified atom stereocenters. The number of amides is 1. The van der Waals surface area contributed by atoms with Crippen LogP contribution in [0.3, 0.4) is 0 Å². The number of nitrogens with zero attached hydrogens (tertiary/aromatic N) is 3. The zero-order chi connectivity index (χ0) is 20.5. The Hall–Kier alpha value is -1.55. The summed E-state index contributed by atoms with van der Waals surface area (Å²) in [7, 11) is 3.44. The predicted octanol–water partition coefficient (Wildman–Crippen LogP) is 2.63. The number of likely N-dealkylation sites (tertiary alicyclic amines) is 2. The summed E-state index contributed by atoms with van der Waals surface area (Å²) < 4.78 is 5.30. The van der Waals surface area contributed by atoms with Gasteiger partial charge in [-0.2, -0.15) is 0 Å². The van der Waals surface area contributed by atoms with Crippen LogP contribution < -0.4 is 15.4 Å². The third kappa shape index (κ3) is 7.01. The topological polar surface area (TPSA) is 69.2 Å². The molecule has 3 rings (SSSR count). The molecule has 0 spiro atoms. The van der Waals surface area contributed by atoms with Crippen LogP contribution in [0.25, 0.3) is 0 Å². The number of carbonyl (C=O) groups is 1. The Morgan fingerprint density at radius 2 is 1.67 bits per heavy atom. The monoisotopic (exact) mass is 529 g/mol. The van der Waals surface area contributed by atoms with E-state index < -0.39 is 0 Å². The number of methoxy groups -OCH3 is 1. The maximum Gasteiger partial charge on any atom is 0.241 e. The van der Waals surface area contributed by atoms with E-state index in [0.29, 0.717) is 5.96 Å². The van der Waals surface area contributed by atoms with Gasteiger partial charge in [0, 0.05) is 26.7 Å². The summed E-state index contributed by atoms with van der Waals surface area (Å²) in [6, 6.07) is 8.57. The van der Waals surface area contributed by atoms with Crippen LogP contribution in [0.1, 0.15) is 43.7 Å². The largest absolute Gasteiger partial charge is 0.497 e. The third-order valence-electron chi connectivity index (χ3n) is 5.88. The lowest BCUT2D eigenvalue weighted by Crippen LogP contribution is -2.47. The maximum atomic E-state index is 12.4. The summed E-state index contributed by atoms with van der Waals surface area (Å²) >= 11 is 0. The van der Waals surface area contributed by atoms with Crippen LogP contribution in [0.4, 0.5) is 0 Å². The number of halogens is 1. The van der Waals surface area contributed by atoms with Crippen molar-refractivity contribution in [2.75, 3.05) is 53.4 Å². The van der Waals surface area contributed by atoms with E-state index in [1.807, 2.05) is 17.0 Å². The Labute approximate surface area is 197 Å². The van der Waals surface area contributed by atoms with Crippen molar-refractivity contribution in [2.24, 2.45) is 4.99 Å². The van der Waals surface area contributed by atoms with Crippen LogP contribution in [0.2, 0.25) is 0 Å². The molecule has 0 radical (unpaired) electrons. The minimum atomic E-state index is 0. The second-order valence-electron chi connectivity index (χ2n) is 7.78. The minimum absolute atomic E-state index is 0. The number of nitrogens with one attached hydrogen (secondary N) is 2. The zero-order valence-electron chi connectivity index (χ0n) is 18.2. The number of aliphatic imine (C=N–C) groups is 1. The number of rotatable bonds is 7. The van der Waals surface area contributed by atoms with Gasteiger partial charge >= 0.3 is 0 Å². The lowest BCUT2D eigenvalue weighted by Gasteiger charge is -2.29. The van der Waals surface area contributed by atoms with E-state index in [9.17, 15) is 4.79 Å². The van der Waals surface area contributed by atoms with Crippen LogP contribution in [-0.2, 0) is 4.79 Å². The first-order chi connectivity index (χ1) is 14.2. The van der Waals surface area contributed by atoms with Crippen LogP contribution in [0.5, 0.6) is 5.75 Å². The highest BCUT2D eigenvalue weighted by molar-refractivity contribution is 14.0. The highest BCUT2D eigenvalue weighted by Crippen LogP contribution is 2.26. The van der Waals surface area contributed by atoms with Crippen molar-refractivity contribution in [1.29, 1.82) is 0 Å². The molecule has 2 saturated heterocycles. The standard InChI is InChI=1S/C22H35N5O2.HI/c1-23-22(25-17-21(28)27-14-4-3-5-15-27)24-16-20(26-12-6-7-13-26)18-8-10-19(29-2)11-9-18;/h8-11,20H,3-7,12-17H2,1-2H3,(H2,23,24,25);1H. The maximum absolute atomic E-state index is 12.4. The molecular formula is C22H36IN5O2. The first kappa shape index (κ1) is 24.7. The lowest BCUT2D eigenvalue weighted by molar-refractivity contribution is -0.130. The van der Waals surface area contributed by atoms with E-state index in [4.69, 9.17) is 4.74 Å². The smallest absolute Gasteiger partial charge is 0.241 e. The first-order valence-corrected chi connectivity index (χ1v) is 10.8. The minimum Gasteiger partial charge on any atom is -0.497 e. The molecule has 0 saturated carbocycles. The van der Waals surface area contributed by atoms with Gasteiger partial charge in [0.1, 0.15) is 5.75 Å². The Kier molecular flexibility index (Phi) is 10.7. The zero-order valence-corrected chi connectivity index (χ0v) is 20.6. The van der Waals surface area contributed by atoms with Gasteiger partial charge in [-0.15, -0.1) is 24.0 Å². The van der Waals surface area contributed by atoms with Crippen molar-refractivity contribution >= 4 is 35.8 Å². The van der Waals surface area contributed by atoms with E-state index >= 15 is 0 Å². The Bertz CT molecular complexity index is 671. The molecule has 2 heterocycles. The number of guanidine groups is 1. The molecule has 30 heavy (non-hydrogen) atoms. The molecule has 1 atom stereocenters. The molecule has 0 aliphatic carbocycles. The van der Waals surface area contributed by atoms with Gasteiger partial charge in [0.25, 0.3) is 0 Å². The summed E-state index contributed by atoms with van der Waals surface area (Å²) in [4.78, 5) is 21.2. The van der Waals surface area contributed by atoms with Crippen molar-refractivity contribution in [3.8, 4) is 5.75 Å². The summed E-state index contributed by atoms with van der Waals surface area (Å²) in [6.07, 6.45) is 5.92. The fraction of sp³-hybridized carbons (Fsp3) is 0.636. The number of carbonyl (C=O) groups excluding carboxylic acids is 1. The van der Waals surface area contributed by atoms with E-state index in [2.05, 4.69) is 32.7 Å². The SMILES string of the molecule is CN=C(NCC(=O)N1CCCCC1)NCC(c1ccc(OC)cc1)N1CCCC1.I. The molecule has 0 bridgehead atoms. The molecule has 1 aromatic rings. The molecule has 2 N–H and O–H groups in total. The molecule has 2 aliphatic heterocycles. The molecular weight excluding hydrogens is 493 g/mol. The van der Waals surface area contributed by atoms with Crippen molar-refractivity contribution in [3.05, 3.63) is 29.8 Å².